The first-order valence-electron chi connectivity index (χ1n) is 10.0. The lowest BCUT2D eigenvalue weighted by atomic mass is 10.1. The van der Waals surface area contributed by atoms with Gasteiger partial charge in [0.05, 0.1) is 43.4 Å². The number of phenols is 1. The van der Waals surface area contributed by atoms with Gasteiger partial charge in [-0.1, -0.05) is 35.4 Å². The molecule has 0 unspecified atom stereocenters. The van der Waals surface area contributed by atoms with Crippen LogP contribution in [-0.4, -0.2) is 42.0 Å². The summed E-state index contributed by atoms with van der Waals surface area (Å²) in [7, 11) is 1.73. The number of halogens is 2. The Labute approximate surface area is 213 Å². The predicted octanol–water partition coefficient (Wildman–Crippen LogP) is 5.70. The van der Waals surface area contributed by atoms with Crippen LogP contribution < -0.4 is 23.7 Å². The zero-order valence-corrected chi connectivity index (χ0v) is 21.6. The average molecular weight is 540 g/mol. The molecule has 3 aromatic carbocycles. The number of ether oxygens (including phenoxy) is 4. The minimum absolute atomic E-state index is 0.0759. The lowest BCUT2D eigenvalue weighted by molar-refractivity contribution is 0.324. The van der Waals surface area contributed by atoms with Crippen LogP contribution in [0, 0.1) is 0 Å². The summed E-state index contributed by atoms with van der Waals surface area (Å²) in [5, 5.41) is 11.0. The standard InChI is InChI=1S/C24H23Cl2NO7S/c1-31-19-10-7-15(6-5-14-11-20(32-2)24(34-4)21(12-14)33-3)22(23(19)28)27-35(29,30)16-8-9-17(25)18(26)13-16/h5-13,27-28H,1-4H3/b6-5-. The molecular formula is C24H23Cl2NO7S. The highest BCUT2D eigenvalue weighted by Gasteiger charge is 2.21. The Morgan fingerprint density at radius 2 is 1.43 bits per heavy atom. The maximum Gasteiger partial charge on any atom is 0.262 e. The van der Waals surface area contributed by atoms with Crippen molar-refractivity contribution in [2.75, 3.05) is 33.2 Å². The molecule has 0 saturated heterocycles. The van der Waals surface area contributed by atoms with Gasteiger partial charge in [0, 0.05) is 5.56 Å². The Balaban J connectivity index is 2.07. The van der Waals surface area contributed by atoms with Gasteiger partial charge in [-0.15, -0.1) is 0 Å². The molecule has 0 heterocycles. The van der Waals surface area contributed by atoms with Crippen LogP contribution in [0.4, 0.5) is 5.69 Å². The molecule has 0 radical (unpaired) electrons. The Bertz CT molecular complexity index is 1350. The second kappa shape index (κ2) is 11.0. The largest absolute Gasteiger partial charge is 0.503 e. The van der Waals surface area contributed by atoms with E-state index < -0.39 is 10.0 Å². The summed E-state index contributed by atoms with van der Waals surface area (Å²) in [6.45, 7) is 0. The quantitative estimate of drug-likeness (QED) is 0.265. The zero-order valence-electron chi connectivity index (χ0n) is 19.3. The summed E-state index contributed by atoms with van der Waals surface area (Å²) in [4.78, 5) is -0.131. The van der Waals surface area contributed by atoms with Crippen LogP contribution in [-0.2, 0) is 10.0 Å². The maximum atomic E-state index is 13.0. The number of rotatable bonds is 9. The molecule has 0 fully saturated rings. The molecule has 0 amide bonds. The predicted molar refractivity (Wildman–Crippen MR) is 137 cm³/mol. The number of benzene rings is 3. The van der Waals surface area contributed by atoms with Crippen molar-refractivity contribution >= 4 is 51.1 Å². The van der Waals surface area contributed by atoms with Crippen LogP contribution in [0.1, 0.15) is 11.1 Å². The lowest BCUT2D eigenvalue weighted by Crippen LogP contribution is -2.14. The first-order chi connectivity index (χ1) is 16.6. The van der Waals surface area contributed by atoms with E-state index in [-0.39, 0.29) is 32.1 Å². The van der Waals surface area contributed by atoms with Crippen molar-refractivity contribution in [3.8, 4) is 28.7 Å². The number of phenolic OH excluding ortho intramolecular Hbond substituents is 1. The van der Waals surface area contributed by atoms with Gasteiger partial charge in [-0.25, -0.2) is 8.42 Å². The third-order valence-corrected chi connectivity index (χ3v) is 7.06. The second-order valence-electron chi connectivity index (χ2n) is 7.05. The highest BCUT2D eigenvalue weighted by molar-refractivity contribution is 7.92. The monoisotopic (exact) mass is 539 g/mol. The number of hydrogen-bond donors (Lipinski definition) is 2. The Morgan fingerprint density at radius 3 is 1.97 bits per heavy atom. The summed E-state index contributed by atoms with van der Waals surface area (Å²) < 4.78 is 49.7. The van der Waals surface area contributed by atoms with Crippen molar-refractivity contribution in [2.24, 2.45) is 0 Å². The van der Waals surface area contributed by atoms with Crippen LogP contribution in [0.5, 0.6) is 28.7 Å². The van der Waals surface area contributed by atoms with E-state index in [4.69, 9.17) is 42.1 Å². The Morgan fingerprint density at radius 1 is 0.800 bits per heavy atom. The van der Waals surface area contributed by atoms with E-state index >= 15 is 0 Å². The average Bonchev–Trinajstić information content (AvgIpc) is 2.85. The van der Waals surface area contributed by atoms with Crippen molar-refractivity contribution in [2.45, 2.75) is 4.90 Å². The minimum Gasteiger partial charge on any atom is -0.503 e. The maximum absolute atomic E-state index is 13.0. The first-order valence-corrected chi connectivity index (χ1v) is 12.2. The molecule has 0 aliphatic carbocycles. The summed E-state index contributed by atoms with van der Waals surface area (Å²) in [6, 6.07) is 10.5. The third-order valence-electron chi connectivity index (χ3n) is 4.97. The van der Waals surface area contributed by atoms with Gasteiger partial charge in [-0.3, -0.25) is 4.72 Å². The van der Waals surface area contributed by atoms with E-state index in [1.807, 2.05) is 0 Å². The van der Waals surface area contributed by atoms with E-state index in [0.29, 0.717) is 28.4 Å². The fourth-order valence-corrected chi connectivity index (χ4v) is 4.70. The third kappa shape index (κ3) is 5.70. The van der Waals surface area contributed by atoms with E-state index in [0.717, 1.165) is 0 Å². The topological polar surface area (TPSA) is 103 Å². The van der Waals surface area contributed by atoms with Gasteiger partial charge in [-0.2, -0.15) is 0 Å². The summed E-state index contributed by atoms with van der Waals surface area (Å²) >= 11 is 11.9. The smallest absolute Gasteiger partial charge is 0.262 e. The Kier molecular flexibility index (Phi) is 8.26. The molecule has 0 aliphatic rings. The molecule has 0 atom stereocenters. The number of nitrogens with one attached hydrogen (secondary N) is 1. The number of aromatic hydroxyl groups is 1. The lowest BCUT2D eigenvalue weighted by Gasteiger charge is -2.15. The van der Waals surface area contributed by atoms with Gasteiger partial charge >= 0.3 is 0 Å². The molecule has 0 aliphatic heterocycles. The normalized spacial score (nSPS) is 11.4. The molecule has 0 aromatic heterocycles. The zero-order chi connectivity index (χ0) is 25.8. The molecule has 8 nitrogen and oxygen atoms in total. The molecule has 186 valence electrons. The Hall–Kier alpha value is -3.27. The van der Waals surface area contributed by atoms with Crippen molar-refractivity contribution in [3.63, 3.8) is 0 Å². The highest BCUT2D eigenvalue weighted by atomic mass is 35.5. The van der Waals surface area contributed by atoms with Gasteiger partial charge in [0.2, 0.25) is 5.75 Å². The number of anilines is 1. The van der Waals surface area contributed by atoms with Crippen molar-refractivity contribution < 1.29 is 32.5 Å². The summed E-state index contributed by atoms with van der Waals surface area (Å²) in [5.41, 5.74) is 0.952. The van der Waals surface area contributed by atoms with Crippen LogP contribution in [0.15, 0.2) is 47.4 Å². The van der Waals surface area contributed by atoms with Crippen molar-refractivity contribution in [1.29, 1.82) is 0 Å². The minimum atomic E-state index is -4.13. The van der Waals surface area contributed by atoms with Crippen molar-refractivity contribution in [3.05, 3.63) is 63.6 Å². The van der Waals surface area contributed by atoms with Crippen LogP contribution in [0.2, 0.25) is 10.0 Å². The second-order valence-corrected chi connectivity index (χ2v) is 9.55. The molecule has 3 rings (SSSR count). The molecule has 2 N–H and O–H groups in total. The molecular weight excluding hydrogens is 517 g/mol. The summed E-state index contributed by atoms with van der Waals surface area (Å²) in [5.74, 6) is 1.03. The molecule has 35 heavy (non-hydrogen) atoms. The summed E-state index contributed by atoms with van der Waals surface area (Å²) in [6.07, 6.45) is 3.31. The van der Waals surface area contributed by atoms with Gasteiger partial charge in [-0.05, 0) is 48.0 Å². The number of hydrogen-bond acceptors (Lipinski definition) is 7. The first kappa shape index (κ1) is 26.3. The van der Waals surface area contributed by atoms with Gasteiger partial charge < -0.3 is 24.1 Å². The van der Waals surface area contributed by atoms with Crippen LogP contribution in [0.25, 0.3) is 12.2 Å². The number of sulfonamides is 1. The SMILES string of the molecule is COc1ccc(/C=C\c2cc(OC)c(OC)c(OC)c2)c(NS(=O)(=O)c2ccc(Cl)c(Cl)c2)c1O. The molecule has 0 saturated carbocycles. The van der Waals surface area contributed by atoms with Gasteiger partial charge in [0.15, 0.2) is 23.0 Å². The fourth-order valence-electron chi connectivity index (χ4n) is 3.22. The fraction of sp³-hybridized carbons (Fsp3) is 0.167. The molecule has 0 bridgehead atoms. The van der Waals surface area contributed by atoms with E-state index in [9.17, 15) is 13.5 Å². The number of methoxy groups -OCH3 is 4. The van der Waals surface area contributed by atoms with Gasteiger partial charge in [0.25, 0.3) is 10.0 Å². The molecule has 3 aromatic rings. The van der Waals surface area contributed by atoms with E-state index in [2.05, 4.69) is 4.72 Å². The van der Waals surface area contributed by atoms with Crippen LogP contribution >= 0.6 is 23.2 Å². The van der Waals surface area contributed by atoms with Gasteiger partial charge in [0.1, 0.15) is 5.69 Å². The van der Waals surface area contributed by atoms with Crippen molar-refractivity contribution in [1.82, 2.24) is 0 Å². The molecule has 0 spiro atoms. The molecule has 11 heteroatoms. The van der Waals surface area contributed by atoms with E-state index in [1.54, 1.807) is 30.4 Å². The van der Waals surface area contributed by atoms with Crippen LogP contribution in [0.3, 0.4) is 0 Å². The highest BCUT2D eigenvalue weighted by Crippen LogP contribution is 2.41. The van der Waals surface area contributed by atoms with E-state index in [1.165, 1.54) is 52.7 Å².